The van der Waals surface area contributed by atoms with Gasteiger partial charge < -0.3 is 14.9 Å². The predicted molar refractivity (Wildman–Crippen MR) is 136 cm³/mol. The summed E-state index contributed by atoms with van der Waals surface area (Å²) in [4.78, 5) is 0. The lowest BCUT2D eigenvalue weighted by Crippen LogP contribution is -2.37. The van der Waals surface area contributed by atoms with Crippen LogP contribution in [0, 0.1) is 38.5 Å². The molecule has 1 aromatic rings. The molecule has 0 bridgehead atoms. The fourth-order valence-electron chi connectivity index (χ4n) is 5.30. The molecule has 32 heavy (non-hydrogen) atoms. The molecule has 1 heterocycles. The third-order valence-electron chi connectivity index (χ3n) is 8.09. The SMILES string of the molecule is Cc1c(C)c2c(c(C)c1O)CC[C@@](C)(CCCC(C)CCCC(C)CCCC(C)CO)O2. The van der Waals surface area contributed by atoms with Crippen LogP contribution in [0.5, 0.6) is 11.5 Å². The highest BCUT2D eigenvalue weighted by Gasteiger charge is 2.34. The third kappa shape index (κ3) is 7.40. The second-order valence-electron chi connectivity index (χ2n) is 11.3. The lowest BCUT2D eigenvalue weighted by molar-refractivity contribution is 0.0512. The molecule has 0 saturated heterocycles. The molecule has 0 aliphatic carbocycles. The molecule has 3 unspecified atom stereocenters. The van der Waals surface area contributed by atoms with Crippen molar-refractivity contribution in [2.24, 2.45) is 17.8 Å². The van der Waals surface area contributed by atoms with E-state index in [2.05, 4.69) is 34.6 Å². The molecule has 3 heteroatoms. The maximum atomic E-state index is 10.4. The average molecular weight is 447 g/mol. The van der Waals surface area contributed by atoms with Crippen molar-refractivity contribution in [1.29, 1.82) is 0 Å². The van der Waals surface area contributed by atoms with Crippen molar-refractivity contribution in [1.82, 2.24) is 0 Å². The Bertz CT molecular complexity index is 726. The van der Waals surface area contributed by atoms with Crippen LogP contribution < -0.4 is 4.74 Å². The summed E-state index contributed by atoms with van der Waals surface area (Å²) in [6.07, 6.45) is 13.3. The van der Waals surface area contributed by atoms with E-state index in [0.717, 1.165) is 60.0 Å². The molecule has 4 atom stereocenters. The summed E-state index contributed by atoms with van der Waals surface area (Å²) in [5, 5.41) is 19.5. The molecule has 0 aromatic heterocycles. The second-order valence-corrected chi connectivity index (χ2v) is 11.3. The largest absolute Gasteiger partial charge is 0.507 e. The van der Waals surface area contributed by atoms with Gasteiger partial charge >= 0.3 is 0 Å². The summed E-state index contributed by atoms with van der Waals surface area (Å²) in [5.74, 6) is 3.50. The minimum absolute atomic E-state index is 0.0897. The minimum Gasteiger partial charge on any atom is -0.507 e. The van der Waals surface area contributed by atoms with E-state index < -0.39 is 0 Å². The Morgan fingerprint density at radius 1 is 0.812 bits per heavy atom. The van der Waals surface area contributed by atoms with E-state index in [1.807, 2.05) is 13.8 Å². The van der Waals surface area contributed by atoms with Crippen LogP contribution in [0.1, 0.15) is 114 Å². The van der Waals surface area contributed by atoms with Crippen molar-refractivity contribution < 1.29 is 14.9 Å². The highest BCUT2D eigenvalue weighted by molar-refractivity contribution is 5.58. The highest BCUT2D eigenvalue weighted by Crippen LogP contribution is 2.44. The lowest BCUT2D eigenvalue weighted by Gasteiger charge is -2.38. The number of hydrogen-bond acceptors (Lipinski definition) is 3. The molecule has 184 valence electrons. The van der Waals surface area contributed by atoms with Gasteiger partial charge in [-0.2, -0.15) is 0 Å². The van der Waals surface area contributed by atoms with Gasteiger partial charge in [-0.25, -0.2) is 0 Å². The highest BCUT2D eigenvalue weighted by atomic mass is 16.5. The number of aromatic hydroxyl groups is 1. The number of fused-ring (bicyclic) bond motifs is 1. The standard InChI is InChI=1S/C29H50O3/c1-20(13-9-14-22(3)19-30)11-8-12-21(2)15-10-17-29(7)18-16-26-25(6)27(31)23(4)24(5)28(26)32-29/h20-22,30-31H,8-19H2,1-7H3/t20?,21?,22?,29-/m1/s1. The van der Waals surface area contributed by atoms with E-state index in [0.29, 0.717) is 18.3 Å². The van der Waals surface area contributed by atoms with Crippen molar-refractivity contribution in [2.45, 2.75) is 125 Å². The number of phenols is 1. The molecular formula is C29H50O3. The van der Waals surface area contributed by atoms with E-state index in [1.54, 1.807) is 0 Å². The molecule has 1 aromatic carbocycles. The summed E-state index contributed by atoms with van der Waals surface area (Å²) in [7, 11) is 0. The number of benzene rings is 1. The first-order chi connectivity index (χ1) is 15.1. The molecule has 0 amide bonds. The predicted octanol–water partition coefficient (Wildman–Crippen LogP) is 7.81. The van der Waals surface area contributed by atoms with Crippen molar-refractivity contribution in [3.63, 3.8) is 0 Å². The molecule has 3 nitrogen and oxygen atoms in total. The first kappa shape index (κ1) is 27.0. The first-order valence-electron chi connectivity index (χ1n) is 13.2. The Morgan fingerprint density at radius 3 is 1.91 bits per heavy atom. The van der Waals surface area contributed by atoms with E-state index in [9.17, 15) is 5.11 Å². The fraction of sp³-hybridized carbons (Fsp3) is 0.793. The monoisotopic (exact) mass is 446 g/mol. The maximum Gasteiger partial charge on any atom is 0.127 e. The van der Waals surface area contributed by atoms with Gasteiger partial charge in [0.15, 0.2) is 0 Å². The lowest BCUT2D eigenvalue weighted by atomic mass is 9.84. The van der Waals surface area contributed by atoms with Gasteiger partial charge in [-0.1, -0.05) is 59.3 Å². The zero-order valence-electron chi connectivity index (χ0n) is 22.0. The molecule has 2 rings (SSSR count). The van der Waals surface area contributed by atoms with Crippen LogP contribution >= 0.6 is 0 Å². The van der Waals surface area contributed by atoms with Gasteiger partial charge in [-0.3, -0.25) is 0 Å². The van der Waals surface area contributed by atoms with Crippen LogP contribution in [-0.4, -0.2) is 22.4 Å². The second kappa shape index (κ2) is 12.3. The molecule has 1 aliphatic heterocycles. The Hall–Kier alpha value is -1.22. The van der Waals surface area contributed by atoms with Gasteiger partial charge in [-0.05, 0) is 94.2 Å². The van der Waals surface area contributed by atoms with E-state index in [1.165, 1.54) is 50.5 Å². The minimum atomic E-state index is -0.0897. The van der Waals surface area contributed by atoms with E-state index in [4.69, 9.17) is 9.84 Å². The average Bonchev–Trinajstić information content (AvgIpc) is 2.75. The van der Waals surface area contributed by atoms with Gasteiger partial charge in [0, 0.05) is 12.2 Å². The number of ether oxygens (including phenoxy) is 1. The molecule has 0 spiro atoms. The van der Waals surface area contributed by atoms with Crippen LogP contribution in [-0.2, 0) is 6.42 Å². The summed E-state index contributed by atoms with van der Waals surface area (Å²) in [5.41, 5.74) is 4.17. The first-order valence-corrected chi connectivity index (χ1v) is 13.2. The Morgan fingerprint density at radius 2 is 1.34 bits per heavy atom. The smallest absolute Gasteiger partial charge is 0.127 e. The van der Waals surface area contributed by atoms with Crippen molar-refractivity contribution in [3.05, 3.63) is 22.3 Å². The maximum absolute atomic E-state index is 10.4. The number of phenolic OH excluding ortho intramolecular Hbond substituents is 1. The van der Waals surface area contributed by atoms with Crippen molar-refractivity contribution in [2.75, 3.05) is 6.61 Å². The van der Waals surface area contributed by atoms with Gasteiger partial charge in [0.2, 0.25) is 0 Å². The van der Waals surface area contributed by atoms with Crippen LogP contribution in [0.4, 0.5) is 0 Å². The van der Waals surface area contributed by atoms with Crippen LogP contribution in [0.2, 0.25) is 0 Å². The molecule has 0 saturated carbocycles. The number of aliphatic hydroxyl groups is 1. The summed E-state index contributed by atoms with van der Waals surface area (Å²) >= 11 is 0. The van der Waals surface area contributed by atoms with E-state index >= 15 is 0 Å². The van der Waals surface area contributed by atoms with Gasteiger partial charge in [0.05, 0.1) is 0 Å². The Labute approximate surface area is 198 Å². The quantitative estimate of drug-likeness (QED) is 0.325. The van der Waals surface area contributed by atoms with E-state index in [-0.39, 0.29) is 5.60 Å². The zero-order valence-corrected chi connectivity index (χ0v) is 22.0. The van der Waals surface area contributed by atoms with Crippen LogP contribution in [0.25, 0.3) is 0 Å². The fourth-order valence-corrected chi connectivity index (χ4v) is 5.30. The van der Waals surface area contributed by atoms with Crippen LogP contribution in [0.3, 0.4) is 0 Å². The molecular weight excluding hydrogens is 396 g/mol. The molecule has 2 N–H and O–H groups in total. The molecule has 1 aliphatic rings. The number of hydrogen-bond donors (Lipinski definition) is 2. The normalized spacial score (nSPS) is 21.0. The van der Waals surface area contributed by atoms with Gasteiger partial charge in [-0.15, -0.1) is 0 Å². The topological polar surface area (TPSA) is 49.7 Å². The summed E-state index contributed by atoms with van der Waals surface area (Å²) in [6, 6.07) is 0. The van der Waals surface area contributed by atoms with Crippen molar-refractivity contribution in [3.8, 4) is 11.5 Å². The Kier molecular flexibility index (Phi) is 10.4. The summed E-state index contributed by atoms with van der Waals surface area (Å²) < 4.78 is 6.60. The molecule has 0 radical (unpaired) electrons. The summed E-state index contributed by atoms with van der Waals surface area (Å²) in [6.45, 7) is 15.6. The Balaban J connectivity index is 1.71. The third-order valence-corrected chi connectivity index (χ3v) is 8.09. The van der Waals surface area contributed by atoms with Crippen LogP contribution in [0.15, 0.2) is 0 Å². The van der Waals surface area contributed by atoms with Gasteiger partial charge in [0.25, 0.3) is 0 Å². The van der Waals surface area contributed by atoms with Gasteiger partial charge in [0.1, 0.15) is 17.1 Å². The van der Waals surface area contributed by atoms with Crippen molar-refractivity contribution >= 4 is 0 Å². The number of aliphatic hydroxyl groups excluding tert-OH is 1. The number of rotatable bonds is 13. The zero-order chi connectivity index (χ0) is 23.9. The molecule has 0 fully saturated rings.